The van der Waals surface area contributed by atoms with Crippen LogP contribution in [-0.4, -0.2) is 32.4 Å². The normalized spacial score (nSPS) is 11.5. The number of aryl methyl sites for hydroxylation is 1. The third kappa shape index (κ3) is 3.23. The van der Waals surface area contributed by atoms with Crippen LogP contribution in [-0.2, 0) is 23.6 Å². The molecule has 0 unspecified atom stereocenters. The molecule has 1 N–H and O–H groups in total. The molecule has 2 rings (SSSR count). The molecule has 0 amide bonds. The van der Waals surface area contributed by atoms with E-state index >= 15 is 0 Å². The SMILES string of the molecule is COc1ccc(S(=O)(=O)NCc2cnn(C)c2C)cc1OC. The summed E-state index contributed by atoms with van der Waals surface area (Å²) in [7, 11) is 1.12. The Hall–Kier alpha value is -2.06. The van der Waals surface area contributed by atoms with Gasteiger partial charge in [-0.3, -0.25) is 4.68 Å². The van der Waals surface area contributed by atoms with Crippen molar-refractivity contribution in [1.82, 2.24) is 14.5 Å². The quantitative estimate of drug-likeness (QED) is 0.863. The van der Waals surface area contributed by atoms with Crippen LogP contribution in [0.25, 0.3) is 0 Å². The first-order chi connectivity index (χ1) is 10.4. The third-order valence-electron chi connectivity index (χ3n) is 3.45. The fraction of sp³-hybridized carbons (Fsp3) is 0.357. The summed E-state index contributed by atoms with van der Waals surface area (Å²) < 4.78 is 39.2. The molecule has 0 saturated heterocycles. The maximum atomic E-state index is 12.4. The summed E-state index contributed by atoms with van der Waals surface area (Å²) in [6, 6.07) is 4.46. The van der Waals surface area contributed by atoms with Gasteiger partial charge in [0.25, 0.3) is 0 Å². The standard InChI is InChI=1S/C14H19N3O4S/c1-10-11(8-15-17(10)2)9-16-22(18,19)12-5-6-13(20-3)14(7-12)21-4/h5-8,16H,9H2,1-4H3. The van der Waals surface area contributed by atoms with Crippen LogP contribution in [0.1, 0.15) is 11.3 Å². The smallest absolute Gasteiger partial charge is 0.241 e. The lowest BCUT2D eigenvalue weighted by Gasteiger charge is -2.11. The molecule has 7 nitrogen and oxygen atoms in total. The molecular weight excluding hydrogens is 306 g/mol. The highest BCUT2D eigenvalue weighted by molar-refractivity contribution is 7.89. The van der Waals surface area contributed by atoms with E-state index in [9.17, 15) is 8.42 Å². The van der Waals surface area contributed by atoms with Gasteiger partial charge in [0, 0.05) is 30.9 Å². The van der Waals surface area contributed by atoms with Crippen LogP contribution >= 0.6 is 0 Å². The van der Waals surface area contributed by atoms with Crippen LogP contribution in [0.5, 0.6) is 11.5 Å². The van der Waals surface area contributed by atoms with Gasteiger partial charge in [0.2, 0.25) is 10.0 Å². The number of hydrogen-bond acceptors (Lipinski definition) is 5. The van der Waals surface area contributed by atoms with Crippen molar-refractivity contribution in [3.8, 4) is 11.5 Å². The summed E-state index contributed by atoms with van der Waals surface area (Å²) in [6.45, 7) is 2.06. The van der Waals surface area contributed by atoms with Crippen molar-refractivity contribution >= 4 is 10.0 Å². The average Bonchev–Trinajstić information content (AvgIpc) is 2.84. The van der Waals surface area contributed by atoms with Gasteiger partial charge < -0.3 is 9.47 Å². The molecule has 1 aromatic carbocycles. The van der Waals surface area contributed by atoms with Gasteiger partial charge in [-0.05, 0) is 19.1 Å². The van der Waals surface area contributed by atoms with E-state index in [2.05, 4.69) is 9.82 Å². The highest BCUT2D eigenvalue weighted by Crippen LogP contribution is 2.29. The topological polar surface area (TPSA) is 82.5 Å². The largest absolute Gasteiger partial charge is 0.493 e. The Morgan fingerprint density at radius 1 is 1.23 bits per heavy atom. The summed E-state index contributed by atoms with van der Waals surface area (Å²) in [6.07, 6.45) is 1.65. The van der Waals surface area contributed by atoms with E-state index in [1.807, 2.05) is 14.0 Å². The molecule has 8 heteroatoms. The van der Waals surface area contributed by atoms with Crippen molar-refractivity contribution in [2.24, 2.45) is 7.05 Å². The van der Waals surface area contributed by atoms with Crippen molar-refractivity contribution in [3.63, 3.8) is 0 Å². The predicted molar refractivity (Wildman–Crippen MR) is 81.5 cm³/mol. The Balaban J connectivity index is 2.21. The Morgan fingerprint density at radius 2 is 1.91 bits per heavy atom. The summed E-state index contributed by atoms with van der Waals surface area (Å²) in [5.41, 5.74) is 1.74. The number of ether oxygens (including phenoxy) is 2. The summed E-state index contributed by atoms with van der Waals surface area (Å²) in [4.78, 5) is 0.117. The van der Waals surface area contributed by atoms with Gasteiger partial charge >= 0.3 is 0 Å². The second-order valence-electron chi connectivity index (χ2n) is 4.72. The monoisotopic (exact) mass is 325 g/mol. The molecule has 0 radical (unpaired) electrons. The number of benzene rings is 1. The van der Waals surface area contributed by atoms with E-state index in [0.717, 1.165) is 11.3 Å². The fourth-order valence-electron chi connectivity index (χ4n) is 1.96. The number of rotatable bonds is 6. The molecule has 22 heavy (non-hydrogen) atoms. The molecule has 0 atom stereocenters. The first kappa shape index (κ1) is 16.3. The Morgan fingerprint density at radius 3 is 2.45 bits per heavy atom. The van der Waals surface area contributed by atoms with Crippen molar-refractivity contribution in [1.29, 1.82) is 0 Å². The van der Waals surface area contributed by atoms with Gasteiger partial charge in [0.15, 0.2) is 11.5 Å². The first-order valence-corrected chi connectivity index (χ1v) is 8.06. The maximum absolute atomic E-state index is 12.4. The van der Waals surface area contributed by atoms with Gasteiger partial charge in [0.05, 0.1) is 25.3 Å². The zero-order valence-electron chi connectivity index (χ0n) is 13.0. The van der Waals surface area contributed by atoms with Crippen LogP contribution in [0, 0.1) is 6.92 Å². The molecule has 0 fully saturated rings. The Bertz CT molecular complexity index is 768. The zero-order valence-corrected chi connectivity index (χ0v) is 13.8. The molecule has 1 heterocycles. The van der Waals surface area contributed by atoms with Crippen molar-refractivity contribution in [2.45, 2.75) is 18.4 Å². The first-order valence-electron chi connectivity index (χ1n) is 6.58. The molecule has 120 valence electrons. The molecule has 0 bridgehead atoms. The average molecular weight is 325 g/mol. The Labute approximate surface area is 129 Å². The lowest BCUT2D eigenvalue weighted by Crippen LogP contribution is -2.23. The summed E-state index contributed by atoms with van der Waals surface area (Å²) in [5.74, 6) is 0.840. The second-order valence-corrected chi connectivity index (χ2v) is 6.49. The highest BCUT2D eigenvalue weighted by Gasteiger charge is 2.17. The van der Waals surface area contributed by atoms with Crippen molar-refractivity contribution < 1.29 is 17.9 Å². The third-order valence-corrected chi connectivity index (χ3v) is 4.85. The van der Waals surface area contributed by atoms with Crippen LogP contribution in [0.15, 0.2) is 29.3 Å². The Kier molecular flexibility index (Phi) is 4.72. The molecule has 2 aromatic rings. The van der Waals surface area contributed by atoms with Crippen LogP contribution < -0.4 is 14.2 Å². The van der Waals surface area contributed by atoms with E-state index in [1.54, 1.807) is 16.9 Å². The van der Waals surface area contributed by atoms with Gasteiger partial charge in [-0.1, -0.05) is 0 Å². The molecule has 0 aliphatic carbocycles. The number of hydrogen-bond donors (Lipinski definition) is 1. The van der Waals surface area contributed by atoms with Gasteiger partial charge in [0.1, 0.15) is 0 Å². The lowest BCUT2D eigenvalue weighted by molar-refractivity contribution is 0.354. The molecule has 0 saturated carbocycles. The number of methoxy groups -OCH3 is 2. The van der Waals surface area contributed by atoms with E-state index in [-0.39, 0.29) is 11.4 Å². The van der Waals surface area contributed by atoms with Crippen molar-refractivity contribution in [3.05, 3.63) is 35.7 Å². The molecule has 0 spiro atoms. The van der Waals surface area contributed by atoms with Gasteiger partial charge in [-0.15, -0.1) is 0 Å². The second kappa shape index (κ2) is 6.37. The molecule has 0 aliphatic heterocycles. The van der Waals surface area contributed by atoms with Gasteiger partial charge in [-0.2, -0.15) is 5.10 Å². The molecule has 0 aliphatic rings. The minimum atomic E-state index is -3.65. The minimum absolute atomic E-state index is 0.117. The molecule has 1 aromatic heterocycles. The summed E-state index contributed by atoms with van der Waals surface area (Å²) >= 11 is 0. The molecular formula is C14H19N3O4S. The van der Waals surface area contributed by atoms with Crippen LogP contribution in [0.2, 0.25) is 0 Å². The number of sulfonamides is 1. The fourth-order valence-corrected chi connectivity index (χ4v) is 2.98. The minimum Gasteiger partial charge on any atom is -0.493 e. The van der Waals surface area contributed by atoms with E-state index in [1.165, 1.54) is 26.4 Å². The van der Waals surface area contributed by atoms with E-state index < -0.39 is 10.0 Å². The lowest BCUT2D eigenvalue weighted by atomic mass is 10.3. The highest BCUT2D eigenvalue weighted by atomic mass is 32.2. The van der Waals surface area contributed by atoms with Crippen LogP contribution in [0.3, 0.4) is 0 Å². The summed E-state index contributed by atoms with van der Waals surface area (Å²) in [5, 5.41) is 4.08. The number of nitrogens with zero attached hydrogens (tertiary/aromatic N) is 2. The van der Waals surface area contributed by atoms with E-state index in [0.29, 0.717) is 11.5 Å². The van der Waals surface area contributed by atoms with Crippen molar-refractivity contribution in [2.75, 3.05) is 14.2 Å². The van der Waals surface area contributed by atoms with Gasteiger partial charge in [-0.25, -0.2) is 13.1 Å². The maximum Gasteiger partial charge on any atom is 0.241 e. The number of nitrogens with one attached hydrogen (secondary N) is 1. The van der Waals surface area contributed by atoms with E-state index in [4.69, 9.17) is 9.47 Å². The zero-order chi connectivity index (χ0) is 16.3. The number of aromatic nitrogens is 2. The predicted octanol–water partition coefficient (Wildman–Crippen LogP) is 1.22. The van der Waals surface area contributed by atoms with Crippen LogP contribution in [0.4, 0.5) is 0 Å².